The van der Waals surface area contributed by atoms with E-state index in [1.54, 1.807) is 0 Å². The smallest absolute Gasteiger partial charge is 0.282 e. The van der Waals surface area contributed by atoms with E-state index >= 15 is 0 Å². The maximum absolute atomic E-state index is 13.8. The second kappa shape index (κ2) is 4.08. The number of rotatable bonds is 1. The average molecular weight is 309 g/mol. The van der Waals surface area contributed by atoms with E-state index in [-0.39, 0.29) is 27.2 Å². The number of hydrogen-bond acceptors (Lipinski definition) is 4. The highest BCUT2D eigenvalue weighted by molar-refractivity contribution is 6.30. The Morgan fingerprint density at radius 3 is 2.53 bits per heavy atom. The van der Waals surface area contributed by atoms with E-state index in [1.807, 2.05) is 0 Å². The average Bonchev–Trinajstić information content (AvgIpc) is 2.30. The van der Waals surface area contributed by atoms with Crippen molar-refractivity contribution in [2.75, 3.05) is 18.0 Å². The first-order valence-corrected chi connectivity index (χ1v) is 5.93. The predicted octanol–water partition coefficient (Wildman–Crippen LogP) is 2.93. The van der Waals surface area contributed by atoms with Crippen molar-refractivity contribution >= 4 is 39.9 Å². The van der Waals surface area contributed by atoms with Crippen LogP contribution >= 0.6 is 23.2 Å². The van der Waals surface area contributed by atoms with Crippen LogP contribution in [0.25, 0.3) is 10.9 Å². The fourth-order valence-corrected chi connectivity index (χ4v) is 2.20. The van der Waals surface area contributed by atoms with Gasteiger partial charge in [-0.1, -0.05) is 11.6 Å². The Labute approximate surface area is 115 Å². The van der Waals surface area contributed by atoms with E-state index in [4.69, 9.17) is 23.2 Å². The molecule has 1 fully saturated rings. The fourth-order valence-electron chi connectivity index (χ4n) is 1.90. The molecule has 9 heteroatoms. The maximum Gasteiger partial charge on any atom is 0.282 e. The summed E-state index contributed by atoms with van der Waals surface area (Å²) in [5, 5.41) is -0.400. The third-order valence-electron chi connectivity index (χ3n) is 2.74. The van der Waals surface area contributed by atoms with Gasteiger partial charge in [0.2, 0.25) is 5.28 Å². The van der Waals surface area contributed by atoms with Gasteiger partial charge in [-0.2, -0.15) is 4.98 Å². The fraction of sp³-hybridized carbons (Fsp3) is 0.300. The van der Waals surface area contributed by atoms with Crippen LogP contribution in [0.1, 0.15) is 0 Å². The lowest BCUT2D eigenvalue weighted by atomic mass is 10.1. The maximum atomic E-state index is 13.8. The van der Waals surface area contributed by atoms with Crippen molar-refractivity contribution in [1.82, 2.24) is 15.0 Å². The molecule has 100 valence electrons. The van der Waals surface area contributed by atoms with Crippen molar-refractivity contribution in [2.24, 2.45) is 0 Å². The van der Waals surface area contributed by atoms with Crippen LogP contribution in [0.2, 0.25) is 10.4 Å². The van der Waals surface area contributed by atoms with Crippen molar-refractivity contribution < 1.29 is 13.2 Å². The Morgan fingerprint density at radius 1 is 1.21 bits per heavy atom. The number of fused-ring (bicyclic) bond motifs is 1. The molecule has 0 radical (unpaired) electrons. The molecule has 0 amide bonds. The summed E-state index contributed by atoms with van der Waals surface area (Å²) in [5.74, 6) is -3.50. The lowest BCUT2D eigenvalue weighted by Gasteiger charge is -2.39. The van der Waals surface area contributed by atoms with Gasteiger partial charge in [-0.05, 0) is 11.6 Å². The van der Waals surface area contributed by atoms with Gasteiger partial charge in [0.1, 0.15) is 11.3 Å². The van der Waals surface area contributed by atoms with Crippen molar-refractivity contribution in [3.8, 4) is 0 Å². The van der Waals surface area contributed by atoms with Gasteiger partial charge in [0.15, 0.2) is 11.0 Å². The lowest BCUT2D eigenvalue weighted by molar-refractivity contribution is -0.0265. The van der Waals surface area contributed by atoms with Crippen LogP contribution in [0.3, 0.4) is 0 Å². The molecule has 0 unspecified atom stereocenters. The molecule has 0 aromatic carbocycles. The highest BCUT2D eigenvalue weighted by atomic mass is 35.5. The predicted molar refractivity (Wildman–Crippen MR) is 64.5 cm³/mol. The van der Waals surface area contributed by atoms with E-state index in [9.17, 15) is 13.2 Å². The minimum Gasteiger partial charge on any atom is -0.344 e. The molecule has 0 aliphatic carbocycles. The zero-order chi connectivity index (χ0) is 13.8. The number of hydrogen-bond donors (Lipinski definition) is 0. The van der Waals surface area contributed by atoms with Crippen LogP contribution in [0.4, 0.5) is 19.0 Å². The van der Waals surface area contributed by atoms with Gasteiger partial charge in [-0.3, -0.25) is 0 Å². The molecule has 1 saturated heterocycles. The molecule has 1 aliphatic heterocycles. The number of nitrogens with zero attached hydrogens (tertiary/aromatic N) is 4. The van der Waals surface area contributed by atoms with E-state index in [2.05, 4.69) is 15.0 Å². The first kappa shape index (κ1) is 12.7. The molecular formula is C10H5Cl2F3N4. The Bertz CT molecular complexity index is 671. The highest BCUT2D eigenvalue weighted by Gasteiger charge is 2.45. The molecule has 4 nitrogen and oxygen atoms in total. The number of anilines is 1. The standard InChI is InChI=1S/C10H5Cl2F3N4/c11-7-5(13)6-4(1-16-7)8(18-9(12)17-6)19-2-10(14,15)3-19/h1H,2-3H2. The summed E-state index contributed by atoms with van der Waals surface area (Å²) in [6, 6.07) is 0. The van der Waals surface area contributed by atoms with Crippen LogP contribution < -0.4 is 4.90 Å². The largest absolute Gasteiger partial charge is 0.344 e. The molecule has 0 atom stereocenters. The normalized spacial score (nSPS) is 17.6. The summed E-state index contributed by atoms with van der Waals surface area (Å²) in [7, 11) is 0. The molecule has 0 saturated carbocycles. The molecule has 0 bridgehead atoms. The second-order valence-electron chi connectivity index (χ2n) is 4.15. The van der Waals surface area contributed by atoms with Crippen molar-refractivity contribution in [3.05, 3.63) is 22.5 Å². The summed E-state index contributed by atoms with van der Waals surface area (Å²) in [4.78, 5) is 12.5. The van der Waals surface area contributed by atoms with Gasteiger partial charge in [-0.25, -0.2) is 23.1 Å². The summed E-state index contributed by atoms with van der Waals surface area (Å²) in [6.07, 6.45) is 1.24. The molecule has 0 spiro atoms. The van der Waals surface area contributed by atoms with E-state index in [1.165, 1.54) is 11.1 Å². The van der Waals surface area contributed by atoms with Crippen LogP contribution in [-0.2, 0) is 0 Å². The zero-order valence-electron chi connectivity index (χ0n) is 9.17. The molecule has 1 aliphatic rings. The van der Waals surface area contributed by atoms with Crippen molar-refractivity contribution in [1.29, 1.82) is 0 Å². The minimum atomic E-state index is -2.78. The number of aromatic nitrogens is 3. The highest BCUT2D eigenvalue weighted by Crippen LogP contribution is 2.35. The summed E-state index contributed by atoms with van der Waals surface area (Å²) < 4.78 is 39.6. The van der Waals surface area contributed by atoms with Crippen molar-refractivity contribution in [2.45, 2.75) is 5.92 Å². The van der Waals surface area contributed by atoms with Gasteiger partial charge in [0.05, 0.1) is 18.5 Å². The van der Waals surface area contributed by atoms with Crippen LogP contribution in [0.15, 0.2) is 6.20 Å². The molecular weight excluding hydrogens is 304 g/mol. The van der Waals surface area contributed by atoms with Crippen LogP contribution in [-0.4, -0.2) is 34.0 Å². The quantitative estimate of drug-likeness (QED) is 0.600. The third kappa shape index (κ3) is 2.06. The van der Waals surface area contributed by atoms with Gasteiger partial charge >= 0.3 is 0 Å². The Balaban J connectivity index is 2.17. The Kier molecular flexibility index (Phi) is 2.72. The lowest BCUT2D eigenvalue weighted by Crippen LogP contribution is -2.56. The summed E-state index contributed by atoms with van der Waals surface area (Å²) in [5.41, 5.74) is -0.134. The zero-order valence-corrected chi connectivity index (χ0v) is 10.7. The molecule has 19 heavy (non-hydrogen) atoms. The van der Waals surface area contributed by atoms with Gasteiger partial charge in [-0.15, -0.1) is 0 Å². The van der Waals surface area contributed by atoms with Gasteiger partial charge < -0.3 is 4.90 Å². The van der Waals surface area contributed by atoms with E-state index in [0.717, 1.165) is 0 Å². The van der Waals surface area contributed by atoms with Gasteiger partial charge in [0.25, 0.3) is 5.92 Å². The molecule has 2 aromatic heterocycles. The topological polar surface area (TPSA) is 41.9 Å². The third-order valence-corrected chi connectivity index (χ3v) is 3.17. The first-order valence-electron chi connectivity index (χ1n) is 5.17. The second-order valence-corrected chi connectivity index (χ2v) is 4.85. The first-order chi connectivity index (χ1) is 8.87. The minimum absolute atomic E-state index is 0.129. The Hall–Kier alpha value is -1.34. The number of alkyl halides is 2. The van der Waals surface area contributed by atoms with Gasteiger partial charge in [0, 0.05) is 6.20 Å². The van der Waals surface area contributed by atoms with E-state index in [0.29, 0.717) is 0 Å². The number of pyridine rings is 1. The van der Waals surface area contributed by atoms with E-state index < -0.39 is 24.8 Å². The number of halogens is 5. The summed E-state index contributed by atoms with van der Waals surface area (Å²) in [6.45, 7) is -1.00. The molecule has 2 aromatic rings. The SMILES string of the molecule is Fc1c(Cl)ncc2c(N3CC(F)(F)C3)nc(Cl)nc12. The molecule has 3 rings (SSSR count). The summed E-state index contributed by atoms with van der Waals surface area (Å²) >= 11 is 11.2. The van der Waals surface area contributed by atoms with Crippen LogP contribution in [0, 0.1) is 5.82 Å². The molecule has 0 N–H and O–H groups in total. The van der Waals surface area contributed by atoms with Crippen molar-refractivity contribution in [3.63, 3.8) is 0 Å². The molecule has 3 heterocycles. The van der Waals surface area contributed by atoms with Crippen LogP contribution in [0.5, 0.6) is 0 Å². The Morgan fingerprint density at radius 2 is 1.89 bits per heavy atom. The monoisotopic (exact) mass is 308 g/mol.